The van der Waals surface area contributed by atoms with E-state index in [0.29, 0.717) is 0 Å². The van der Waals surface area contributed by atoms with Gasteiger partial charge in [0, 0.05) is 13.1 Å². The second-order valence-corrected chi connectivity index (χ2v) is 4.34. The molecule has 1 rings (SSSR count). The van der Waals surface area contributed by atoms with Crippen molar-refractivity contribution < 1.29 is 13.6 Å². The Kier molecular flexibility index (Phi) is 4.38. The summed E-state index contributed by atoms with van der Waals surface area (Å²) >= 11 is 0. The summed E-state index contributed by atoms with van der Waals surface area (Å²) in [5, 5.41) is 8.92. The van der Waals surface area contributed by atoms with Crippen molar-refractivity contribution >= 4 is 11.6 Å². The first kappa shape index (κ1) is 14.1. The van der Waals surface area contributed by atoms with Crippen LogP contribution in [0.5, 0.6) is 0 Å². The highest BCUT2D eigenvalue weighted by molar-refractivity contribution is 5.96. The smallest absolute Gasteiger partial charge is 0.244 e. The number of hydrogen-bond donors (Lipinski definition) is 0. The molecule has 0 aliphatic heterocycles. The van der Waals surface area contributed by atoms with E-state index in [1.807, 2.05) is 6.07 Å². The molecule has 1 amide bonds. The number of nitriles is 1. The highest BCUT2D eigenvalue weighted by Gasteiger charge is 2.27. The van der Waals surface area contributed by atoms with Gasteiger partial charge in [-0.25, -0.2) is 8.78 Å². The first-order valence-corrected chi connectivity index (χ1v) is 5.50. The molecule has 1 aromatic rings. The molecule has 0 bridgehead atoms. The lowest BCUT2D eigenvalue weighted by Crippen LogP contribution is -2.35. The van der Waals surface area contributed by atoms with Crippen molar-refractivity contribution in [3.05, 3.63) is 29.8 Å². The van der Waals surface area contributed by atoms with Crippen LogP contribution < -0.4 is 4.90 Å². The Hall–Kier alpha value is -1.96. The topological polar surface area (TPSA) is 44.1 Å². The molecule has 0 fully saturated rings. The normalized spacial score (nSPS) is 12.1. The van der Waals surface area contributed by atoms with E-state index in [-0.39, 0.29) is 11.6 Å². The predicted octanol–water partition coefficient (Wildman–Crippen LogP) is 2.72. The molecule has 0 saturated carbocycles. The summed E-state index contributed by atoms with van der Waals surface area (Å²) in [7, 11) is 1.33. The zero-order valence-corrected chi connectivity index (χ0v) is 10.4. The number of rotatable bonds is 3. The van der Waals surface area contributed by atoms with Crippen molar-refractivity contribution in [1.82, 2.24) is 0 Å². The second-order valence-electron chi connectivity index (χ2n) is 4.34. The monoisotopic (exact) mass is 252 g/mol. The fraction of sp³-hybridized carbons (Fsp3) is 0.385. The lowest BCUT2D eigenvalue weighted by molar-refractivity contribution is -0.121. The molecule has 0 spiro atoms. The van der Waals surface area contributed by atoms with Gasteiger partial charge in [0.1, 0.15) is 17.6 Å². The van der Waals surface area contributed by atoms with E-state index in [2.05, 4.69) is 0 Å². The summed E-state index contributed by atoms with van der Waals surface area (Å²) in [6.45, 7) is 3.45. The third-order valence-corrected chi connectivity index (χ3v) is 2.67. The molecule has 0 aliphatic carbocycles. The SMILES string of the molecule is CC(C)C(C#N)C(=O)N(C)c1cc(F)ccc1F. The third-order valence-electron chi connectivity index (χ3n) is 2.67. The van der Waals surface area contributed by atoms with Gasteiger partial charge >= 0.3 is 0 Å². The number of amides is 1. The van der Waals surface area contributed by atoms with Crippen LogP contribution in [0.3, 0.4) is 0 Å². The summed E-state index contributed by atoms with van der Waals surface area (Å²) in [6, 6.07) is 4.73. The molecule has 1 atom stereocenters. The fourth-order valence-corrected chi connectivity index (χ4v) is 1.56. The summed E-state index contributed by atoms with van der Waals surface area (Å²) in [4.78, 5) is 13.0. The van der Waals surface area contributed by atoms with Crippen LogP contribution in [0.2, 0.25) is 0 Å². The Morgan fingerprint density at radius 2 is 2.00 bits per heavy atom. The Labute approximate surface area is 105 Å². The average Bonchev–Trinajstić information content (AvgIpc) is 2.31. The molecule has 5 heteroatoms. The van der Waals surface area contributed by atoms with Gasteiger partial charge in [-0.2, -0.15) is 5.26 Å². The zero-order valence-electron chi connectivity index (χ0n) is 10.4. The quantitative estimate of drug-likeness (QED) is 0.830. The van der Waals surface area contributed by atoms with Crippen LogP contribution in [0.15, 0.2) is 18.2 Å². The van der Waals surface area contributed by atoms with E-state index in [9.17, 15) is 13.6 Å². The van der Waals surface area contributed by atoms with Crippen molar-refractivity contribution in [3.63, 3.8) is 0 Å². The fourth-order valence-electron chi connectivity index (χ4n) is 1.56. The van der Waals surface area contributed by atoms with Crippen LogP contribution in [0, 0.1) is 34.8 Å². The lowest BCUT2D eigenvalue weighted by atomic mass is 9.96. The number of nitrogens with zero attached hydrogens (tertiary/aromatic N) is 2. The largest absolute Gasteiger partial charge is 0.312 e. The first-order chi connectivity index (χ1) is 8.38. The molecule has 0 aliphatic rings. The molecule has 0 N–H and O–H groups in total. The highest BCUT2D eigenvalue weighted by Crippen LogP contribution is 2.22. The number of carbonyl (C=O) groups is 1. The molecule has 0 aromatic heterocycles. The molecular formula is C13H14F2N2O. The molecule has 3 nitrogen and oxygen atoms in total. The molecular weight excluding hydrogens is 238 g/mol. The number of halogens is 2. The number of benzene rings is 1. The maximum atomic E-state index is 13.5. The van der Waals surface area contributed by atoms with E-state index in [1.165, 1.54) is 7.05 Å². The van der Waals surface area contributed by atoms with Gasteiger partial charge in [-0.1, -0.05) is 13.8 Å². The van der Waals surface area contributed by atoms with Crippen LogP contribution in [0.25, 0.3) is 0 Å². The van der Waals surface area contributed by atoms with Crippen LogP contribution >= 0.6 is 0 Å². The van der Waals surface area contributed by atoms with Gasteiger partial charge in [0.2, 0.25) is 5.91 Å². The minimum Gasteiger partial charge on any atom is -0.312 e. The predicted molar refractivity (Wildman–Crippen MR) is 63.7 cm³/mol. The van der Waals surface area contributed by atoms with E-state index >= 15 is 0 Å². The third kappa shape index (κ3) is 2.83. The van der Waals surface area contributed by atoms with Gasteiger partial charge in [-0.15, -0.1) is 0 Å². The number of anilines is 1. The van der Waals surface area contributed by atoms with E-state index in [4.69, 9.17) is 5.26 Å². The standard InChI is InChI=1S/C13H14F2N2O/c1-8(2)10(7-16)13(18)17(3)12-6-9(14)4-5-11(12)15/h4-6,8,10H,1-3H3. The maximum Gasteiger partial charge on any atom is 0.244 e. The Morgan fingerprint density at radius 3 is 2.50 bits per heavy atom. The van der Waals surface area contributed by atoms with Gasteiger partial charge in [0.05, 0.1) is 11.8 Å². The highest BCUT2D eigenvalue weighted by atomic mass is 19.1. The molecule has 0 saturated heterocycles. The summed E-state index contributed by atoms with van der Waals surface area (Å²) in [6.07, 6.45) is 0. The molecule has 0 radical (unpaired) electrons. The van der Waals surface area contributed by atoms with Crippen molar-refractivity contribution in [2.45, 2.75) is 13.8 Å². The number of hydrogen-bond acceptors (Lipinski definition) is 2. The number of carbonyl (C=O) groups excluding carboxylic acids is 1. The van der Waals surface area contributed by atoms with E-state index in [1.54, 1.807) is 13.8 Å². The lowest BCUT2D eigenvalue weighted by Gasteiger charge is -2.22. The summed E-state index contributed by atoms with van der Waals surface area (Å²) in [5.41, 5.74) is -0.166. The van der Waals surface area contributed by atoms with Gasteiger partial charge in [-0.3, -0.25) is 4.79 Å². The van der Waals surface area contributed by atoms with Crippen LogP contribution in [-0.4, -0.2) is 13.0 Å². The zero-order chi connectivity index (χ0) is 13.9. The first-order valence-electron chi connectivity index (χ1n) is 5.50. The van der Waals surface area contributed by atoms with Crippen molar-refractivity contribution in [2.24, 2.45) is 11.8 Å². The Morgan fingerprint density at radius 1 is 1.39 bits per heavy atom. The molecule has 96 valence electrons. The second kappa shape index (κ2) is 5.58. The molecule has 0 heterocycles. The Bertz CT molecular complexity index is 494. The summed E-state index contributed by atoms with van der Waals surface area (Å²) in [5.74, 6) is -2.95. The minimum atomic E-state index is -0.877. The van der Waals surface area contributed by atoms with Gasteiger partial charge in [-0.05, 0) is 18.1 Å². The van der Waals surface area contributed by atoms with Gasteiger partial charge in [0.25, 0.3) is 0 Å². The summed E-state index contributed by atoms with van der Waals surface area (Å²) < 4.78 is 26.5. The van der Waals surface area contributed by atoms with Gasteiger partial charge < -0.3 is 4.90 Å². The van der Waals surface area contributed by atoms with Crippen LogP contribution in [-0.2, 0) is 4.79 Å². The average molecular weight is 252 g/mol. The molecule has 1 aromatic carbocycles. The Balaban J connectivity index is 3.07. The van der Waals surface area contributed by atoms with Gasteiger partial charge in [0.15, 0.2) is 0 Å². The van der Waals surface area contributed by atoms with Crippen LogP contribution in [0.4, 0.5) is 14.5 Å². The minimum absolute atomic E-state index is 0.166. The molecule has 1 unspecified atom stereocenters. The molecule has 18 heavy (non-hydrogen) atoms. The van der Waals surface area contributed by atoms with E-state index in [0.717, 1.165) is 23.1 Å². The maximum absolute atomic E-state index is 13.5. The van der Waals surface area contributed by atoms with Crippen LogP contribution in [0.1, 0.15) is 13.8 Å². The van der Waals surface area contributed by atoms with E-state index < -0.39 is 23.5 Å². The van der Waals surface area contributed by atoms with Crippen molar-refractivity contribution in [2.75, 3.05) is 11.9 Å². The van der Waals surface area contributed by atoms with Crippen molar-refractivity contribution in [3.8, 4) is 6.07 Å². The van der Waals surface area contributed by atoms with Crippen molar-refractivity contribution in [1.29, 1.82) is 5.26 Å².